The van der Waals surface area contributed by atoms with Gasteiger partial charge in [0.15, 0.2) is 5.82 Å². The van der Waals surface area contributed by atoms with E-state index in [1.807, 2.05) is 13.8 Å². The summed E-state index contributed by atoms with van der Waals surface area (Å²) in [5.74, 6) is 1.51. The number of nitrogens with zero attached hydrogens (tertiary/aromatic N) is 4. The van der Waals surface area contributed by atoms with Crippen molar-refractivity contribution in [1.29, 1.82) is 0 Å². The van der Waals surface area contributed by atoms with Crippen LogP contribution in [-0.2, 0) is 12.6 Å². The van der Waals surface area contributed by atoms with E-state index in [9.17, 15) is 13.2 Å². The zero-order chi connectivity index (χ0) is 20.6. The summed E-state index contributed by atoms with van der Waals surface area (Å²) in [4.78, 5) is 7.92. The Morgan fingerprint density at radius 3 is 2.52 bits per heavy atom. The Kier molecular flexibility index (Phi) is 5.01. The van der Waals surface area contributed by atoms with Gasteiger partial charge in [0.25, 0.3) is 0 Å². The predicted octanol–water partition coefficient (Wildman–Crippen LogP) is 4.38. The number of halogens is 3. The van der Waals surface area contributed by atoms with Gasteiger partial charge in [-0.15, -0.1) is 0 Å². The summed E-state index contributed by atoms with van der Waals surface area (Å²) in [5, 5.41) is 10.6. The van der Waals surface area contributed by atoms with Gasteiger partial charge in [-0.1, -0.05) is 5.16 Å². The average molecular weight is 407 g/mol. The van der Waals surface area contributed by atoms with Crippen molar-refractivity contribution in [2.45, 2.75) is 51.6 Å². The molecule has 1 aromatic carbocycles. The van der Waals surface area contributed by atoms with Gasteiger partial charge in [-0.05, 0) is 56.4 Å². The van der Waals surface area contributed by atoms with E-state index in [2.05, 4.69) is 29.8 Å². The van der Waals surface area contributed by atoms with E-state index >= 15 is 0 Å². The molecule has 0 radical (unpaired) electrons. The van der Waals surface area contributed by atoms with Crippen LogP contribution in [0.1, 0.15) is 53.8 Å². The van der Waals surface area contributed by atoms with Crippen LogP contribution in [0.3, 0.4) is 0 Å². The molecule has 154 valence electrons. The maximum atomic E-state index is 12.7. The van der Waals surface area contributed by atoms with Crippen LogP contribution in [0.15, 0.2) is 16.7 Å². The minimum absolute atomic E-state index is 0.105. The second kappa shape index (κ2) is 7.49. The fourth-order valence-corrected chi connectivity index (χ4v) is 3.12. The number of hydrogen-bond donors (Lipinski definition) is 1. The Balaban J connectivity index is 1.37. The first kappa shape index (κ1) is 19.4. The quantitative estimate of drug-likeness (QED) is 0.585. The van der Waals surface area contributed by atoms with Crippen LogP contribution in [0.2, 0.25) is 0 Å². The van der Waals surface area contributed by atoms with Crippen LogP contribution >= 0.6 is 0 Å². The first-order valence-corrected chi connectivity index (χ1v) is 9.38. The molecule has 2 aromatic heterocycles. The lowest BCUT2D eigenvalue weighted by Crippen LogP contribution is -2.05. The lowest BCUT2D eigenvalue weighted by Gasteiger charge is -2.13. The molecule has 4 rings (SSSR count). The Labute approximate surface area is 164 Å². The second-order valence-electron chi connectivity index (χ2n) is 7.23. The van der Waals surface area contributed by atoms with Crippen molar-refractivity contribution in [3.8, 4) is 17.1 Å². The SMILES string of the molecule is Cc1cc(-c2noc(C(F)(F)F)n2)cc(C)c1OCCCc1nc(C2CC2)n[nH]1. The number of alkyl halides is 3. The molecule has 0 saturated heterocycles. The molecule has 0 aliphatic heterocycles. The molecule has 2 heterocycles. The van der Waals surface area contributed by atoms with Gasteiger partial charge in [-0.25, -0.2) is 4.98 Å². The summed E-state index contributed by atoms with van der Waals surface area (Å²) in [6, 6.07) is 3.37. The number of aromatic nitrogens is 5. The molecule has 3 aromatic rings. The normalized spacial score (nSPS) is 14.4. The number of aromatic amines is 1. The molecule has 1 aliphatic rings. The topological polar surface area (TPSA) is 89.7 Å². The molecule has 0 spiro atoms. The molecule has 29 heavy (non-hydrogen) atoms. The number of benzene rings is 1. The molecule has 7 nitrogen and oxygen atoms in total. The molecule has 1 fully saturated rings. The Morgan fingerprint density at radius 2 is 1.90 bits per heavy atom. The van der Waals surface area contributed by atoms with E-state index < -0.39 is 12.1 Å². The highest BCUT2D eigenvalue weighted by Crippen LogP contribution is 2.37. The van der Waals surface area contributed by atoms with Gasteiger partial charge in [0.2, 0.25) is 5.82 Å². The molecule has 1 aliphatic carbocycles. The zero-order valence-electron chi connectivity index (χ0n) is 16.0. The van der Waals surface area contributed by atoms with Crippen molar-refractivity contribution in [2.24, 2.45) is 0 Å². The Hall–Kier alpha value is -2.91. The third-order valence-electron chi connectivity index (χ3n) is 4.68. The molecule has 10 heteroatoms. The smallest absolute Gasteiger partial charge is 0.471 e. The Bertz CT molecular complexity index is 984. The maximum Gasteiger partial charge on any atom is 0.471 e. The molecule has 0 bridgehead atoms. The fourth-order valence-electron chi connectivity index (χ4n) is 3.12. The lowest BCUT2D eigenvalue weighted by molar-refractivity contribution is -0.159. The van der Waals surface area contributed by atoms with E-state index in [4.69, 9.17) is 4.74 Å². The maximum absolute atomic E-state index is 12.7. The third kappa shape index (κ3) is 4.41. The highest BCUT2D eigenvalue weighted by molar-refractivity contribution is 5.61. The van der Waals surface area contributed by atoms with Gasteiger partial charge in [0.05, 0.1) is 6.61 Å². The number of ether oxygens (including phenoxy) is 1. The van der Waals surface area contributed by atoms with Crippen molar-refractivity contribution in [3.63, 3.8) is 0 Å². The fraction of sp³-hybridized carbons (Fsp3) is 0.474. The first-order chi connectivity index (χ1) is 13.8. The van der Waals surface area contributed by atoms with Crippen molar-refractivity contribution in [1.82, 2.24) is 25.3 Å². The monoisotopic (exact) mass is 407 g/mol. The Morgan fingerprint density at radius 1 is 1.17 bits per heavy atom. The van der Waals surface area contributed by atoms with Crippen molar-refractivity contribution >= 4 is 0 Å². The van der Waals surface area contributed by atoms with Crippen LogP contribution in [0.4, 0.5) is 13.2 Å². The summed E-state index contributed by atoms with van der Waals surface area (Å²) in [7, 11) is 0. The van der Waals surface area contributed by atoms with Crippen LogP contribution in [-0.4, -0.2) is 31.9 Å². The molecular weight excluding hydrogens is 387 g/mol. The largest absolute Gasteiger partial charge is 0.493 e. The number of rotatable bonds is 7. The lowest BCUT2D eigenvalue weighted by atomic mass is 10.1. The van der Waals surface area contributed by atoms with Gasteiger partial charge < -0.3 is 9.26 Å². The minimum atomic E-state index is -4.67. The number of H-pyrrole nitrogens is 1. The van der Waals surface area contributed by atoms with Crippen LogP contribution in [0.5, 0.6) is 5.75 Å². The van der Waals surface area contributed by atoms with E-state index in [1.54, 1.807) is 12.1 Å². The van der Waals surface area contributed by atoms with Gasteiger partial charge >= 0.3 is 12.1 Å². The third-order valence-corrected chi connectivity index (χ3v) is 4.68. The molecule has 0 amide bonds. The van der Waals surface area contributed by atoms with Crippen molar-refractivity contribution in [3.05, 3.63) is 40.8 Å². The van der Waals surface area contributed by atoms with E-state index in [0.29, 0.717) is 23.8 Å². The van der Waals surface area contributed by atoms with Gasteiger partial charge in [0.1, 0.15) is 11.6 Å². The molecule has 1 N–H and O–H groups in total. The average Bonchev–Trinajstić information content (AvgIpc) is 3.17. The predicted molar refractivity (Wildman–Crippen MR) is 96.4 cm³/mol. The number of nitrogens with one attached hydrogen (secondary N) is 1. The second-order valence-corrected chi connectivity index (χ2v) is 7.23. The standard InChI is InChI=1S/C19H20F3N5O2/c1-10-8-13(17-24-18(29-27-17)19(20,21)22)9-11(2)15(10)28-7-3-4-14-23-16(26-25-14)12-5-6-12/h8-9,12H,3-7H2,1-2H3,(H,23,25,26). The zero-order valence-corrected chi connectivity index (χ0v) is 16.0. The van der Waals surface area contributed by atoms with Crippen LogP contribution in [0, 0.1) is 13.8 Å². The summed E-state index contributed by atoms with van der Waals surface area (Å²) < 4.78 is 48.2. The first-order valence-electron chi connectivity index (χ1n) is 9.38. The van der Waals surface area contributed by atoms with Crippen LogP contribution < -0.4 is 4.74 Å². The summed E-state index contributed by atoms with van der Waals surface area (Å²) in [6.45, 7) is 4.14. The highest BCUT2D eigenvalue weighted by atomic mass is 19.4. The summed E-state index contributed by atoms with van der Waals surface area (Å²) >= 11 is 0. The number of aryl methyl sites for hydroxylation is 3. The highest BCUT2D eigenvalue weighted by Gasteiger charge is 2.38. The van der Waals surface area contributed by atoms with Crippen molar-refractivity contribution < 1.29 is 22.4 Å². The van der Waals surface area contributed by atoms with Crippen molar-refractivity contribution in [2.75, 3.05) is 6.61 Å². The van der Waals surface area contributed by atoms with E-state index in [-0.39, 0.29) is 5.82 Å². The minimum Gasteiger partial charge on any atom is -0.493 e. The molecular formula is C19H20F3N5O2. The summed E-state index contributed by atoms with van der Waals surface area (Å²) in [5.41, 5.74) is 2.02. The number of hydrogen-bond acceptors (Lipinski definition) is 6. The van der Waals surface area contributed by atoms with Gasteiger partial charge in [0, 0.05) is 17.9 Å². The van der Waals surface area contributed by atoms with Gasteiger partial charge in [-0.3, -0.25) is 5.10 Å². The molecule has 1 saturated carbocycles. The van der Waals surface area contributed by atoms with E-state index in [0.717, 1.165) is 48.5 Å². The summed E-state index contributed by atoms with van der Waals surface area (Å²) in [6.07, 6.45) is -0.841. The molecule has 0 atom stereocenters. The van der Waals surface area contributed by atoms with E-state index in [1.165, 1.54) is 0 Å². The molecule has 0 unspecified atom stereocenters. The van der Waals surface area contributed by atoms with Crippen LogP contribution in [0.25, 0.3) is 11.4 Å². The van der Waals surface area contributed by atoms with Gasteiger partial charge in [-0.2, -0.15) is 23.3 Å².